The highest BCUT2D eigenvalue weighted by Crippen LogP contribution is 2.38. The zero-order chi connectivity index (χ0) is 27.5. The van der Waals surface area contributed by atoms with Crippen molar-refractivity contribution in [1.82, 2.24) is 14.9 Å². The molecule has 3 rings (SSSR count). The quantitative estimate of drug-likeness (QED) is 0.256. The van der Waals surface area contributed by atoms with Gasteiger partial charge in [-0.15, -0.1) is 0 Å². The highest BCUT2D eigenvalue weighted by Gasteiger charge is 2.34. The molecule has 1 aromatic heterocycles. The average molecular weight is 539 g/mol. The predicted molar refractivity (Wildman–Crippen MR) is 125 cm³/mol. The van der Waals surface area contributed by atoms with E-state index in [1.54, 1.807) is 30.3 Å². The van der Waals surface area contributed by atoms with Crippen LogP contribution in [0, 0.1) is 10.1 Å². The van der Waals surface area contributed by atoms with Gasteiger partial charge >= 0.3 is 17.7 Å². The third-order valence-electron chi connectivity index (χ3n) is 4.75. The second-order valence-electron chi connectivity index (χ2n) is 7.92. The summed E-state index contributed by atoms with van der Waals surface area (Å²) < 4.78 is 70.2. The van der Waals surface area contributed by atoms with Crippen LogP contribution >= 0.6 is 0 Å². The van der Waals surface area contributed by atoms with Crippen LogP contribution in [0.2, 0.25) is 0 Å². The van der Waals surface area contributed by atoms with E-state index >= 15 is 0 Å². The van der Waals surface area contributed by atoms with Gasteiger partial charge in [0.25, 0.3) is 11.1 Å². The van der Waals surface area contributed by atoms with E-state index in [9.17, 15) is 36.5 Å². The molecule has 0 unspecified atom stereocenters. The average Bonchev–Trinajstić information content (AvgIpc) is 2.81. The van der Waals surface area contributed by atoms with Crippen molar-refractivity contribution >= 4 is 27.2 Å². The molecule has 196 valence electrons. The van der Waals surface area contributed by atoms with Gasteiger partial charge in [0, 0.05) is 32.5 Å². The summed E-state index contributed by atoms with van der Waals surface area (Å²) in [6, 6.07) is 10.6. The number of halogens is 3. The van der Waals surface area contributed by atoms with Crippen LogP contribution in [0.25, 0.3) is 0 Å². The van der Waals surface area contributed by atoms with Crippen molar-refractivity contribution in [2.45, 2.75) is 17.9 Å². The molecular weight excluding hydrogens is 519 g/mol. The SMILES string of the molecule is CN(C)C(=O)c1cc(Oc2nc(S(C)(=O)=O)nc(NCc3ccccc3)c2[N+](=O)[O-])cc(C(F)(F)F)c1. The van der Waals surface area contributed by atoms with Crippen LogP contribution in [0.3, 0.4) is 0 Å². The number of sulfone groups is 1. The minimum absolute atomic E-state index is 0.00756. The minimum atomic E-state index is -4.89. The largest absolute Gasteiger partial charge is 0.433 e. The first-order valence-electron chi connectivity index (χ1n) is 10.3. The molecular formula is C22H20F3N5O6S. The number of aromatic nitrogens is 2. The van der Waals surface area contributed by atoms with Crippen molar-refractivity contribution in [1.29, 1.82) is 0 Å². The van der Waals surface area contributed by atoms with Gasteiger partial charge in [-0.3, -0.25) is 14.9 Å². The van der Waals surface area contributed by atoms with Gasteiger partial charge in [-0.1, -0.05) is 30.3 Å². The lowest BCUT2D eigenvalue weighted by molar-refractivity contribution is -0.385. The van der Waals surface area contributed by atoms with E-state index < -0.39 is 66.3 Å². The Kier molecular flexibility index (Phi) is 7.66. The molecule has 1 N–H and O–H groups in total. The Hall–Kier alpha value is -4.27. The van der Waals surface area contributed by atoms with Crippen molar-refractivity contribution in [3.8, 4) is 11.6 Å². The highest BCUT2D eigenvalue weighted by atomic mass is 32.2. The lowest BCUT2D eigenvalue weighted by Gasteiger charge is -2.16. The molecule has 15 heteroatoms. The molecule has 11 nitrogen and oxygen atoms in total. The number of ether oxygens (including phenoxy) is 1. The monoisotopic (exact) mass is 539 g/mol. The number of alkyl halides is 3. The third kappa shape index (κ3) is 6.69. The molecule has 0 radical (unpaired) electrons. The molecule has 0 aliphatic heterocycles. The number of hydrogen-bond acceptors (Lipinski definition) is 9. The number of carbonyl (C=O) groups excluding carboxylic acids is 1. The topological polar surface area (TPSA) is 145 Å². The molecule has 3 aromatic rings. The summed E-state index contributed by atoms with van der Waals surface area (Å²) in [4.78, 5) is 31.7. The molecule has 0 saturated carbocycles. The maximum Gasteiger partial charge on any atom is 0.416 e. The summed E-state index contributed by atoms with van der Waals surface area (Å²) in [5.41, 5.74) is -1.93. The number of nitro groups is 1. The first-order valence-corrected chi connectivity index (χ1v) is 12.2. The standard InChI is InChI=1S/C22H20F3N5O6S/c1-29(2)20(31)14-9-15(22(23,24)25)11-16(10-14)36-19-17(30(32)33)18(27-21(28-19)37(3,34)35)26-12-13-7-5-4-6-8-13/h4-11H,12H2,1-3H3,(H,26,27,28). The zero-order valence-electron chi connectivity index (χ0n) is 19.6. The van der Waals surface area contributed by atoms with Crippen LogP contribution < -0.4 is 10.1 Å². The number of hydrogen-bond donors (Lipinski definition) is 1. The lowest BCUT2D eigenvalue weighted by Crippen LogP contribution is -2.22. The fraction of sp³-hybridized carbons (Fsp3) is 0.227. The summed E-state index contributed by atoms with van der Waals surface area (Å²) in [5, 5.41) is 13.7. The van der Waals surface area contributed by atoms with Crippen molar-refractivity contribution in [2.24, 2.45) is 0 Å². The summed E-state index contributed by atoms with van der Waals surface area (Å²) in [6.07, 6.45) is -4.14. The molecule has 0 atom stereocenters. The fourth-order valence-electron chi connectivity index (χ4n) is 3.04. The number of anilines is 1. The first kappa shape index (κ1) is 27.3. The Morgan fingerprint density at radius 3 is 2.32 bits per heavy atom. The number of carbonyl (C=O) groups is 1. The fourth-order valence-corrected chi connectivity index (χ4v) is 3.54. The smallest absolute Gasteiger partial charge is 0.416 e. The molecule has 0 spiro atoms. The summed E-state index contributed by atoms with van der Waals surface area (Å²) >= 11 is 0. The number of nitrogens with zero attached hydrogens (tertiary/aromatic N) is 4. The van der Waals surface area contributed by atoms with Crippen molar-refractivity contribution < 1.29 is 36.0 Å². The van der Waals surface area contributed by atoms with Gasteiger partial charge in [0.05, 0.1) is 10.5 Å². The van der Waals surface area contributed by atoms with Gasteiger partial charge < -0.3 is 15.0 Å². The van der Waals surface area contributed by atoms with E-state index in [4.69, 9.17) is 4.74 Å². The normalized spacial score (nSPS) is 11.6. The molecule has 0 fully saturated rings. The number of benzene rings is 2. The number of rotatable bonds is 8. The van der Waals surface area contributed by atoms with Gasteiger partial charge in [-0.05, 0) is 23.8 Å². The van der Waals surface area contributed by atoms with Gasteiger partial charge in [0.2, 0.25) is 15.7 Å². The van der Waals surface area contributed by atoms with Crippen molar-refractivity contribution in [3.05, 3.63) is 75.3 Å². The molecule has 37 heavy (non-hydrogen) atoms. The maximum absolute atomic E-state index is 13.5. The molecule has 0 aliphatic carbocycles. The van der Waals surface area contributed by atoms with Gasteiger partial charge in [0.15, 0.2) is 0 Å². The van der Waals surface area contributed by atoms with Gasteiger partial charge in [-0.2, -0.15) is 23.1 Å². The van der Waals surface area contributed by atoms with E-state index in [-0.39, 0.29) is 6.54 Å². The molecule has 1 amide bonds. The molecule has 2 aromatic carbocycles. The van der Waals surface area contributed by atoms with Crippen LogP contribution in [-0.2, 0) is 22.6 Å². The van der Waals surface area contributed by atoms with Crippen molar-refractivity contribution in [3.63, 3.8) is 0 Å². The predicted octanol–water partition coefficient (Wildman–Crippen LogP) is 3.91. The summed E-state index contributed by atoms with van der Waals surface area (Å²) in [6.45, 7) is -0.00756. The van der Waals surface area contributed by atoms with E-state index in [1.165, 1.54) is 14.1 Å². The van der Waals surface area contributed by atoms with E-state index in [2.05, 4.69) is 15.3 Å². The van der Waals surface area contributed by atoms with E-state index in [0.717, 1.165) is 17.2 Å². The van der Waals surface area contributed by atoms with Crippen LogP contribution in [0.5, 0.6) is 11.6 Å². The van der Waals surface area contributed by atoms with E-state index in [0.29, 0.717) is 17.7 Å². The first-order chi connectivity index (χ1) is 17.2. The highest BCUT2D eigenvalue weighted by molar-refractivity contribution is 7.90. The second-order valence-corrected chi connectivity index (χ2v) is 9.83. The van der Waals surface area contributed by atoms with Gasteiger partial charge in [0.1, 0.15) is 5.75 Å². The molecule has 0 bridgehead atoms. The Bertz CT molecular complexity index is 1450. The van der Waals surface area contributed by atoms with Crippen LogP contribution in [0.4, 0.5) is 24.7 Å². The summed E-state index contributed by atoms with van der Waals surface area (Å²) in [7, 11) is -1.49. The Balaban J connectivity index is 2.17. The van der Waals surface area contributed by atoms with Gasteiger partial charge in [-0.25, -0.2) is 8.42 Å². The Labute approximate surface area is 209 Å². The van der Waals surface area contributed by atoms with Crippen molar-refractivity contribution in [2.75, 3.05) is 25.7 Å². The maximum atomic E-state index is 13.5. The van der Waals surface area contributed by atoms with Crippen LogP contribution in [-0.4, -0.2) is 54.5 Å². The Morgan fingerprint density at radius 1 is 1.14 bits per heavy atom. The third-order valence-corrected chi connectivity index (χ3v) is 5.60. The molecule has 1 heterocycles. The van der Waals surface area contributed by atoms with Crippen LogP contribution in [0.15, 0.2) is 53.7 Å². The minimum Gasteiger partial charge on any atom is -0.433 e. The lowest BCUT2D eigenvalue weighted by atomic mass is 10.1. The Morgan fingerprint density at radius 2 is 1.78 bits per heavy atom. The summed E-state index contributed by atoms with van der Waals surface area (Å²) in [5.74, 6) is -2.89. The second kappa shape index (κ2) is 10.4. The number of amides is 1. The van der Waals surface area contributed by atoms with Crippen LogP contribution in [0.1, 0.15) is 21.5 Å². The zero-order valence-corrected chi connectivity index (χ0v) is 20.4. The molecule has 0 saturated heterocycles. The number of nitrogens with one attached hydrogen (secondary N) is 1. The van der Waals surface area contributed by atoms with E-state index in [1.807, 2.05) is 0 Å². The molecule has 0 aliphatic rings.